The highest BCUT2D eigenvalue weighted by Gasteiger charge is 2.33. The van der Waals surface area contributed by atoms with Gasteiger partial charge < -0.3 is 24.6 Å². The normalized spacial score (nSPS) is 16.6. The Labute approximate surface area is 183 Å². The topological polar surface area (TPSA) is 72.3 Å². The Morgan fingerprint density at radius 3 is 2.52 bits per heavy atom. The van der Waals surface area contributed by atoms with E-state index in [2.05, 4.69) is 5.32 Å². The molecule has 2 aromatic rings. The van der Waals surface area contributed by atoms with Crippen LogP contribution in [0.4, 0.5) is 0 Å². The smallest absolute Gasteiger partial charge is 0.278 e. The van der Waals surface area contributed by atoms with Gasteiger partial charge in [0.2, 0.25) is 0 Å². The quantitative estimate of drug-likeness (QED) is 0.670. The minimum Gasteiger partial charge on any atom is -0.497 e. The zero-order valence-electron chi connectivity index (χ0n) is 18.7. The van der Waals surface area contributed by atoms with Crippen LogP contribution >= 0.6 is 0 Å². The van der Waals surface area contributed by atoms with Gasteiger partial charge in [0.1, 0.15) is 18.0 Å². The Morgan fingerprint density at radius 1 is 1.13 bits per heavy atom. The van der Waals surface area contributed by atoms with Crippen molar-refractivity contribution in [3.8, 4) is 11.5 Å². The predicted octanol–water partition coefficient (Wildman–Crippen LogP) is 1.44. The van der Waals surface area contributed by atoms with Crippen molar-refractivity contribution in [3.05, 3.63) is 59.2 Å². The van der Waals surface area contributed by atoms with Gasteiger partial charge in [0, 0.05) is 30.3 Å². The Kier molecular flexibility index (Phi) is 7.52. The van der Waals surface area contributed by atoms with E-state index in [0.717, 1.165) is 46.9 Å². The molecular formula is C24H32N3O4+. The molecule has 0 saturated carbocycles. The number of methoxy groups -OCH3 is 2. The third-order valence-corrected chi connectivity index (χ3v) is 5.77. The van der Waals surface area contributed by atoms with E-state index in [4.69, 9.17) is 9.47 Å². The van der Waals surface area contributed by atoms with Gasteiger partial charge in [-0.15, -0.1) is 0 Å². The molecule has 1 aliphatic heterocycles. The van der Waals surface area contributed by atoms with E-state index in [1.54, 1.807) is 21.3 Å². The summed E-state index contributed by atoms with van der Waals surface area (Å²) in [5, 5.41) is 2.62. The first-order valence-electron chi connectivity index (χ1n) is 10.6. The van der Waals surface area contributed by atoms with Crippen molar-refractivity contribution in [1.82, 2.24) is 10.2 Å². The van der Waals surface area contributed by atoms with Crippen molar-refractivity contribution in [1.29, 1.82) is 0 Å². The fourth-order valence-electron chi connectivity index (χ4n) is 4.18. The molecule has 0 radical (unpaired) electrons. The summed E-state index contributed by atoms with van der Waals surface area (Å²) in [6.45, 7) is 1.86. The molecule has 0 aromatic heterocycles. The van der Waals surface area contributed by atoms with E-state index in [-0.39, 0.29) is 17.9 Å². The average molecular weight is 427 g/mol. The second kappa shape index (κ2) is 10.3. The lowest BCUT2D eigenvalue weighted by atomic mass is 10.0. The minimum absolute atomic E-state index is 0.00260. The number of nitrogens with zero attached hydrogens (tertiary/aromatic N) is 1. The molecule has 1 fully saturated rings. The molecule has 2 aromatic carbocycles. The fraction of sp³-hybridized carbons (Fsp3) is 0.417. The zero-order valence-corrected chi connectivity index (χ0v) is 18.7. The van der Waals surface area contributed by atoms with E-state index in [1.165, 1.54) is 0 Å². The van der Waals surface area contributed by atoms with Gasteiger partial charge in [-0.05, 0) is 43.2 Å². The number of amides is 2. The Balaban J connectivity index is 1.66. The molecule has 1 saturated heterocycles. The van der Waals surface area contributed by atoms with E-state index in [0.29, 0.717) is 18.7 Å². The van der Waals surface area contributed by atoms with Crippen LogP contribution in [0.1, 0.15) is 40.4 Å². The third-order valence-electron chi connectivity index (χ3n) is 5.77. The molecule has 2 atom stereocenters. The standard InChI is InChI=1S/C24H31N3O4/c1-25-24(29)18-9-7-17(8-10-18)15-26(2)16-23(28)27-13-5-6-21(27)20-14-19(30-3)11-12-22(20)31-4/h7-12,14,21H,5-6,13,15-16H2,1-4H3,(H,25,29)/p+1/t21-/m0/s1. The van der Waals surface area contributed by atoms with E-state index >= 15 is 0 Å². The highest BCUT2D eigenvalue weighted by Crippen LogP contribution is 2.38. The van der Waals surface area contributed by atoms with Crippen LogP contribution in [-0.2, 0) is 11.3 Å². The largest absolute Gasteiger partial charge is 0.497 e. The average Bonchev–Trinajstić information content (AvgIpc) is 3.28. The summed E-state index contributed by atoms with van der Waals surface area (Å²) >= 11 is 0. The summed E-state index contributed by atoms with van der Waals surface area (Å²) in [5.41, 5.74) is 2.72. The van der Waals surface area contributed by atoms with Crippen LogP contribution in [0.5, 0.6) is 11.5 Å². The lowest BCUT2D eigenvalue weighted by Crippen LogP contribution is -3.08. The second-order valence-corrected chi connectivity index (χ2v) is 7.94. The van der Waals surface area contributed by atoms with Crippen molar-refractivity contribution in [3.63, 3.8) is 0 Å². The van der Waals surface area contributed by atoms with E-state index in [1.807, 2.05) is 54.4 Å². The van der Waals surface area contributed by atoms with Gasteiger partial charge in [-0.25, -0.2) is 0 Å². The third kappa shape index (κ3) is 5.35. The maximum atomic E-state index is 13.1. The van der Waals surface area contributed by atoms with Crippen molar-refractivity contribution >= 4 is 11.8 Å². The van der Waals surface area contributed by atoms with Crippen molar-refractivity contribution < 1.29 is 24.0 Å². The fourth-order valence-corrected chi connectivity index (χ4v) is 4.18. The summed E-state index contributed by atoms with van der Waals surface area (Å²) in [4.78, 5) is 27.9. The molecule has 166 valence electrons. The molecule has 1 unspecified atom stereocenters. The molecule has 7 nitrogen and oxygen atoms in total. The number of carbonyl (C=O) groups excluding carboxylic acids is 2. The van der Waals surface area contributed by atoms with Crippen LogP contribution in [0.15, 0.2) is 42.5 Å². The van der Waals surface area contributed by atoms with Crippen molar-refractivity contribution in [2.45, 2.75) is 25.4 Å². The number of quaternary nitrogens is 1. The molecular weight excluding hydrogens is 394 g/mol. The molecule has 1 aliphatic rings. The molecule has 2 amide bonds. The molecule has 3 rings (SSSR count). The van der Waals surface area contributed by atoms with Crippen LogP contribution in [0.3, 0.4) is 0 Å². The summed E-state index contributed by atoms with van der Waals surface area (Å²) in [5.74, 6) is 1.57. The lowest BCUT2D eigenvalue weighted by Gasteiger charge is -2.27. The highest BCUT2D eigenvalue weighted by atomic mass is 16.5. The summed E-state index contributed by atoms with van der Waals surface area (Å²) in [7, 11) is 6.93. The van der Waals surface area contributed by atoms with Crippen LogP contribution in [0.25, 0.3) is 0 Å². The Morgan fingerprint density at radius 2 is 1.87 bits per heavy atom. The Hall–Kier alpha value is -3.06. The monoisotopic (exact) mass is 426 g/mol. The highest BCUT2D eigenvalue weighted by molar-refractivity contribution is 5.93. The number of rotatable bonds is 8. The maximum Gasteiger partial charge on any atom is 0.278 e. The second-order valence-electron chi connectivity index (χ2n) is 7.94. The van der Waals surface area contributed by atoms with Crippen molar-refractivity contribution in [2.75, 3.05) is 41.4 Å². The van der Waals surface area contributed by atoms with Gasteiger partial charge in [-0.1, -0.05) is 12.1 Å². The van der Waals surface area contributed by atoms with Crippen LogP contribution in [-0.4, -0.2) is 58.1 Å². The number of likely N-dealkylation sites (N-methyl/N-ethyl adjacent to an activating group) is 1. The number of hydrogen-bond donors (Lipinski definition) is 2. The minimum atomic E-state index is -0.101. The summed E-state index contributed by atoms with van der Waals surface area (Å²) < 4.78 is 10.9. The number of carbonyl (C=O) groups is 2. The molecule has 1 heterocycles. The lowest BCUT2D eigenvalue weighted by molar-refractivity contribution is -0.885. The summed E-state index contributed by atoms with van der Waals surface area (Å²) in [6.07, 6.45) is 1.88. The molecule has 0 spiro atoms. The van der Waals surface area contributed by atoms with Gasteiger partial charge >= 0.3 is 0 Å². The first kappa shape index (κ1) is 22.6. The van der Waals surface area contributed by atoms with Gasteiger partial charge in [-0.2, -0.15) is 0 Å². The SMILES string of the molecule is CNC(=O)c1ccc(C[NH+](C)CC(=O)N2CCC[C@H]2c2cc(OC)ccc2OC)cc1. The van der Waals surface area contributed by atoms with Gasteiger partial charge in [0.05, 0.1) is 27.3 Å². The predicted molar refractivity (Wildman–Crippen MR) is 119 cm³/mol. The number of nitrogens with one attached hydrogen (secondary N) is 2. The van der Waals surface area contributed by atoms with Gasteiger partial charge in [0.25, 0.3) is 11.8 Å². The first-order valence-corrected chi connectivity index (χ1v) is 10.6. The first-order chi connectivity index (χ1) is 15.0. The Bertz CT molecular complexity index is 914. The number of benzene rings is 2. The van der Waals surface area contributed by atoms with E-state index in [9.17, 15) is 9.59 Å². The molecule has 7 heteroatoms. The maximum absolute atomic E-state index is 13.1. The number of hydrogen-bond acceptors (Lipinski definition) is 4. The number of ether oxygens (including phenoxy) is 2. The van der Waals surface area contributed by atoms with Gasteiger partial charge in [-0.3, -0.25) is 9.59 Å². The van der Waals surface area contributed by atoms with Crippen molar-refractivity contribution in [2.24, 2.45) is 0 Å². The number of likely N-dealkylation sites (tertiary alicyclic amines) is 1. The molecule has 0 bridgehead atoms. The molecule has 0 aliphatic carbocycles. The van der Waals surface area contributed by atoms with Crippen LogP contribution in [0.2, 0.25) is 0 Å². The molecule has 2 N–H and O–H groups in total. The summed E-state index contributed by atoms with van der Waals surface area (Å²) in [6, 6.07) is 13.3. The van der Waals surface area contributed by atoms with Crippen LogP contribution < -0.4 is 19.7 Å². The molecule has 31 heavy (non-hydrogen) atoms. The van der Waals surface area contributed by atoms with Gasteiger partial charge in [0.15, 0.2) is 6.54 Å². The zero-order chi connectivity index (χ0) is 22.4. The van der Waals surface area contributed by atoms with Crippen LogP contribution in [0, 0.1) is 0 Å². The van der Waals surface area contributed by atoms with E-state index < -0.39 is 0 Å².